The number of amides is 1. The Bertz CT molecular complexity index is 676. The lowest BCUT2D eigenvalue weighted by atomic mass is 10.1. The van der Waals surface area contributed by atoms with Crippen LogP contribution in [0.25, 0.3) is 0 Å². The number of rotatable bonds is 6. The van der Waals surface area contributed by atoms with E-state index in [0.29, 0.717) is 12.1 Å². The number of nitrogens with one attached hydrogen (secondary N) is 1. The lowest BCUT2D eigenvalue weighted by molar-refractivity contribution is -0.123. The van der Waals surface area contributed by atoms with Crippen LogP contribution in [0.4, 0.5) is 10.2 Å². The largest absolute Gasteiger partial charge is 0.388 e. The topological polar surface area (TPSA) is 65.5 Å². The number of aliphatic hydroxyl groups is 1. The fourth-order valence-corrected chi connectivity index (χ4v) is 2.10. The predicted molar refractivity (Wildman–Crippen MR) is 86.4 cm³/mol. The van der Waals surface area contributed by atoms with Gasteiger partial charge in [0.15, 0.2) is 0 Å². The van der Waals surface area contributed by atoms with Crippen LogP contribution >= 0.6 is 0 Å². The van der Waals surface area contributed by atoms with Crippen molar-refractivity contribution >= 4 is 11.7 Å². The molecule has 2 rings (SSSR count). The van der Waals surface area contributed by atoms with Crippen molar-refractivity contribution in [3.63, 3.8) is 0 Å². The highest BCUT2D eigenvalue weighted by Gasteiger charge is 2.13. The number of anilines is 1. The standard InChI is InChI=1S/C17H20FN3O2/c1-21(2)16-8-12(6-7-19-16)11-20-17(23)10-15(22)13-4-3-5-14(18)9-13/h3-9,15,22H,10-11H2,1-2H3,(H,20,23). The zero-order valence-corrected chi connectivity index (χ0v) is 13.2. The summed E-state index contributed by atoms with van der Waals surface area (Å²) in [4.78, 5) is 18.0. The van der Waals surface area contributed by atoms with E-state index < -0.39 is 11.9 Å². The van der Waals surface area contributed by atoms with Crippen LogP contribution in [0.2, 0.25) is 0 Å². The normalized spacial score (nSPS) is 11.8. The molecule has 0 saturated heterocycles. The fourth-order valence-electron chi connectivity index (χ4n) is 2.10. The van der Waals surface area contributed by atoms with E-state index in [-0.39, 0.29) is 12.3 Å². The molecule has 5 nitrogen and oxygen atoms in total. The molecule has 0 spiro atoms. The van der Waals surface area contributed by atoms with Gasteiger partial charge in [0.1, 0.15) is 11.6 Å². The Morgan fingerprint density at radius 3 is 2.83 bits per heavy atom. The van der Waals surface area contributed by atoms with E-state index in [1.54, 1.807) is 12.3 Å². The Kier molecular flexibility index (Phi) is 5.65. The van der Waals surface area contributed by atoms with Gasteiger partial charge in [-0.25, -0.2) is 9.37 Å². The minimum Gasteiger partial charge on any atom is -0.388 e. The maximum Gasteiger partial charge on any atom is 0.223 e. The summed E-state index contributed by atoms with van der Waals surface area (Å²) >= 11 is 0. The second-order valence-electron chi connectivity index (χ2n) is 5.47. The van der Waals surface area contributed by atoms with Crippen LogP contribution in [0.3, 0.4) is 0 Å². The summed E-state index contributed by atoms with van der Waals surface area (Å²) < 4.78 is 13.1. The molecule has 23 heavy (non-hydrogen) atoms. The van der Waals surface area contributed by atoms with E-state index in [9.17, 15) is 14.3 Å². The van der Waals surface area contributed by atoms with Crippen molar-refractivity contribution in [1.82, 2.24) is 10.3 Å². The zero-order chi connectivity index (χ0) is 16.8. The quantitative estimate of drug-likeness (QED) is 0.855. The third-order valence-corrected chi connectivity index (χ3v) is 3.37. The summed E-state index contributed by atoms with van der Waals surface area (Å²) in [7, 11) is 3.78. The van der Waals surface area contributed by atoms with Gasteiger partial charge in [0, 0.05) is 26.8 Å². The molecule has 1 atom stereocenters. The van der Waals surface area contributed by atoms with E-state index in [1.165, 1.54) is 18.2 Å². The minimum atomic E-state index is -1.03. The Morgan fingerprint density at radius 2 is 2.13 bits per heavy atom. The van der Waals surface area contributed by atoms with E-state index in [2.05, 4.69) is 10.3 Å². The summed E-state index contributed by atoms with van der Waals surface area (Å²) in [6.07, 6.45) is 0.536. The second kappa shape index (κ2) is 7.69. The molecule has 1 heterocycles. The molecule has 1 aromatic heterocycles. The predicted octanol–water partition coefficient (Wildman–Crippen LogP) is 2.03. The molecule has 0 bridgehead atoms. The molecule has 122 valence electrons. The van der Waals surface area contributed by atoms with E-state index in [0.717, 1.165) is 11.4 Å². The van der Waals surface area contributed by atoms with Crippen LogP contribution in [0, 0.1) is 5.82 Å². The number of carbonyl (C=O) groups excluding carboxylic acids is 1. The molecule has 0 aliphatic rings. The van der Waals surface area contributed by atoms with Crippen LogP contribution in [-0.2, 0) is 11.3 Å². The van der Waals surface area contributed by atoms with Crippen LogP contribution in [0.1, 0.15) is 23.7 Å². The maximum atomic E-state index is 13.1. The van der Waals surface area contributed by atoms with E-state index in [4.69, 9.17) is 0 Å². The number of aromatic nitrogens is 1. The third-order valence-electron chi connectivity index (χ3n) is 3.37. The summed E-state index contributed by atoms with van der Waals surface area (Å²) in [6.45, 7) is 0.345. The first-order valence-electron chi connectivity index (χ1n) is 7.28. The van der Waals surface area contributed by atoms with Gasteiger partial charge in [0.25, 0.3) is 0 Å². The lowest BCUT2D eigenvalue weighted by Gasteiger charge is -2.13. The first kappa shape index (κ1) is 16.9. The summed E-state index contributed by atoms with van der Waals surface area (Å²) in [5, 5.41) is 12.7. The van der Waals surface area contributed by atoms with Crippen LogP contribution in [0.15, 0.2) is 42.6 Å². The Morgan fingerprint density at radius 1 is 1.35 bits per heavy atom. The molecule has 0 aliphatic carbocycles. The van der Waals surface area contributed by atoms with Gasteiger partial charge in [0.2, 0.25) is 5.91 Å². The van der Waals surface area contributed by atoms with E-state index in [1.807, 2.05) is 31.1 Å². The maximum absolute atomic E-state index is 13.1. The molecule has 1 unspecified atom stereocenters. The number of pyridine rings is 1. The highest BCUT2D eigenvalue weighted by Crippen LogP contribution is 2.17. The fraction of sp³-hybridized carbons (Fsp3) is 0.294. The van der Waals surface area contributed by atoms with Crippen LogP contribution < -0.4 is 10.2 Å². The van der Waals surface area contributed by atoms with Crippen molar-refractivity contribution in [3.05, 3.63) is 59.5 Å². The average molecular weight is 317 g/mol. The number of hydrogen-bond donors (Lipinski definition) is 2. The van der Waals surface area contributed by atoms with E-state index >= 15 is 0 Å². The monoisotopic (exact) mass is 317 g/mol. The lowest BCUT2D eigenvalue weighted by Crippen LogP contribution is -2.24. The third kappa shape index (κ3) is 5.03. The van der Waals surface area contributed by atoms with Gasteiger partial charge >= 0.3 is 0 Å². The average Bonchev–Trinajstić information content (AvgIpc) is 2.53. The van der Waals surface area contributed by atoms with Gasteiger partial charge < -0.3 is 15.3 Å². The van der Waals surface area contributed by atoms with Gasteiger partial charge in [-0.15, -0.1) is 0 Å². The molecule has 0 radical (unpaired) electrons. The molecule has 1 aromatic carbocycles. The minimum absolute atomic E-state index is 0.116. The summed E-state index contributed by atoms with van der Waals surface area (Å²) in [5.41, 5.74) is 1.30. The highest BCUT2D eigenvalue weighted by molar-refractivity contribution is 5.76. The number of nitrogens with zero attached hydrogens (tertiary/aromatic N) is 2. The smallest absolute Gasteiger partial charge is 0.223 e. The molecule has 6 heteroatoms. The number of carbonyl (C=O) groups is 1. The molecule has 1 amide bonds. The van der Waals surface area contributed by atoms with Crippen molar-refractivity contribution in [1.29, 1.82) is 0 Å². The molecule has 0 aliphatic heterocycles. The zero-order valence-electron chi connectivity index (χ0n) is 13.2. The molecular formula is C17H20FN3O2. The van der Waals surface area contributed by atoms with Crippen LogP contribution in [-0.4, -0.2) is 30.1 Å². The molecular weight excluding hydrogens is 297 g/mol. The second-order valence-corrected chi connectivity index (χ2v) is 5.47. The summed E-state index contributed by atoms with van der Waals surface area (Å²) in [5.74, 6) is 0.0662. The van der Waals surface area contributed by atoms with Crippen molar-refractivity contribution in [2.24, 2.45) is 0 Å². The summed E-state index contributed by atoms with van der Waals surface area (Å²) in [6, 6.07) is 9.31. The SMILES string of the molecule is CN(C)c1cc(CNC(=O)CC(O)c2cccc(F)c2)ccn1. The van der Waals surface area contributed by atoms with Gasteiger partial charge in [-0.3, -0.25) is 4.79 Å². The Balaban J connectivity index is 1.89. The van der Waals surface area contributed by atoms with Gasteiger partial charge in [-0.2, -0.15) is 0 Å². The number of benzene rings is 1. The van der Waals surface area contributed by atoms with Crippen LogP contribution in [0.5, 0.6) is 0 Å². The molecule has 0 fully saturated rings. The molecule has 0 saturated carbocycles. The first-order valence-corrected chi connectivity index (χ1v) is 7.28. The number of halogens is 1. The van der Waals surface area contributed by atoms with Gasteiger partial charge in [-0.05, 0) is 35.4 Å². The highest BCUT2D eigenvalue weighted by atomic mass is 19.1. The van der Waals surface area contributed by atoms with Crippen molar-refractivity contribution in [2.75, 3.05) is 19.0 Å². The van der Waals surface area contributed by atoms with Crippen molar-refractivity contribution < 1.29 is 14.3 Å². The van der Waals surface area contributed by atoms with Gasteiger partial charge in [0.05, 0.1) is 12.5 Å². The van der Waals surface area contributed by atoms with Gasteiger partial charge in [-0.1, -0.05) is 12.1 Å². The Labute approximate surface area is 134 Å². The van der Waals surface area contributed by atoms with Crippen molar-refractivity contribution in [2.45, 2.75) is 19.1 Å². The first-order chi connectivity index (χ1) is 11.0. The van der Waals surface area contributed by atoms with Crippen molar-refractivity contribution in [3.8, 4) is 0 Å². The molecule has 2 N–H and O–H groups in total. The number of aliphatic hydroxyl groups excluding tert-OH is 1. The number of hydrogen-bond acceptors (Lipinski definition) is 4. The molecule has 2 aromatic rings. The Hall–Kier alpha value is -2.47.